The molecule has 1 aromatic heterocycles. The molecule has 1 radical (unpaired) electrons. The third-order valence-corrected chi connectivity index (χ3v) is 4.45. The average Bonchev–Trinajstić information content (AvgIpc) is 3.16. The number of nitrogen functional groups attached to an aromatic ring is 1. The number of fused-ring (bicyclic) bond motifs is 1. The highest BCUT2D eigenvalue weighted by molar-refractivity contribution is 5.68. The third-order valence-electron chi connectivity index (χ3n) is 4.45. The normalized spacial score (nSPS) is 28.0. The molecule has 0 spiro atoms. The first-order valence-electron chi connectivity index (χ1n) is 7.97. The molecule has 2 aliphatic rings. The fourth-order valence-electron chi connectivity index (χ4n) is 3.27. The smallest absolute Gasteiger partial charge is 0.280 e. The number of H-pyrrole nitrogens is 1. The summed E-state index contributed by atoms with van der Waals surface area (Å²) in [5.41, 5.74) is 6.29. The molecule has 0 aliphatic carbocycles. The minimum atomic E-state index is -0.810. The van der Waals surface area contributed by atoms with E-state index in [-0.39, 0.29) is 24.7 Å². The summed E-state index contributed by atoms with van der Waals surface area (Å²) in [4.78, 5) is 20.6. The molecular weight excluding hydrogens is 326 g/mol. The molecular formula is C16H18N5O4. The lowest BCUT2D eigenvalue weighted by Gasteiger charge is -2.30. The molecule has 2 aromatic rings. The highest BCUT2D eigenvalue weighted by Gasteiger charge is 2.45. The van der Waals surface area contributed by atoms with Crippen LogP contribution in [0.3, 0.4) is 0 Å². The lowest BCUT2D eigenvalue weighted by Crippen LogP contribution is -2.38. The van der Waals surface area contributed by atoms with E-state index >= 15 is 0 Å². The van der Waals surface area contributed by atoms with Crippen LogP contribution in [0, 0.1) is 0 Å². The first-order valence-corrected chi connectivity index (χ1v) is 7.97. The van der Waals surface area contributed by atoms with Gasteiger partial charge in [0, 0.05) is 6.42 Å². The Morgan fingerprint density at radius 1 is 1.36 bits per heavy atom. The number of aromatic amines is 1. The number of nitrogens with zero attached hydrogens (tertiary/aromatic N) is 3. The third kappa shape index (κ3) is 2.62. The molecule has 5 N–H and O–H groups in total. The summed E-state index contributed by atoms with van der Waals surface area (Å²) >= 11 is 0. The number of anilines is 2. The summed E-state index contributed by atoms with van der Waals surface area (Å²) in [6.45, 7) is -0.295. The average molecular weight is 344 g/mol. The van der Waals surface area contributed by atoms with Gasteiger partial charge >= 0.3 is 0 Å². The molecule has 1 aromatic carbocycles. The van der Waals surface area contributed by atoms with Crippen LogP contribution in [0.5, 0.6) is 0 Å². The van der Waals surface area contributed by atoms with E-state index in [1.165, 1.54) is 0 Å². The molecule has 0 saturated carbocycles. The van der Waals surface area contributed by atoms with Gasteiger partial charge in [-0.25, -0.2) is 5.32 Å². The Balaban J connectivity index is 1.78. The van der Waals surface area contributed by atoms with Crippen molar-refractivity contribution in [1.29, 1.82) is 0 Å². The second kappa shape index (κ2) is 6.03. The monoisotopic (exact) mass is 344 g/mol. The van der Waals surface area contributed by atoms with Crippen LogP contribution >= 0.6 is 0 Å². The van der Waals surface area contributed by atoms with Crippen molar-refractivity contribution in [3.05, 3.63) is 46.2 Å². The van der Waals surface area contributed by atoms with Crippen LogP contribution in [0.1, 0.15) is 18.2 Å². The van der Waals surface area contributed by atoms with Crippen LogP contribution in [0.4, 0.5) is 17.5 Å². The Labute approximate surface area is 143 Å². The zero-order valence-electron chi connectivity index (χ0n) is 13.2. The quantitative estimate of drug-likeness (QED) is 0.593. The molecule has 9 heteroatoms. The van der Waals surface area contributed by atoms with Gasteiger partial charge in [0.05, 0.1) is 12.7 Å². The van der Waals surface area contributed by atoms with Gasteiger partial charge in [0.2, 0.25) is 5.95 Å². The summed E-state index contributed by atoms with van der Waals surface area (Å²) in [5, 5.41) is 23.9. The number of benzene rings is 1. The summed E-state index contributed by atoms with van der Waals surface area (Å²) in [6.07, 6.45) is -2.35. The lowest BCUT2D eigenvalue weighted by atomic mass is 10.1. The van der Waals surface area contributed by atoms with Crippen LogP contribution in [0.25, 0.3) is 0 Å². The fourth-order valence-corrected chi connectivity index (χ4v) is 3.27. The Hall–Kier alpha value is -2.62. The fraction of sp³-hybridized carbons (Fsp3) is 0.375. The van der Waals surface area contributed by atoms with Crippen LogP contribution in [-0.4, -0.2) is 45.2 Å². The van der Waals surface area contributed by atoms with Crippen LogP contribution in [0.2, 0.25) is 0 Å². The highest BCUT2D eigenvalue weighted by atomic mass is 16.5. The van der Waals surface area contributed by atoms with Gasteiger partial charge in [0.25, 0.3) is 5.56 Å². The van der Waals surface area contributed by atoms with E-state index < -0.39 is 30.2 Å². The molecule has 9 nitrogen and oxygen atoms in total. The standard InChI is InChI=1S/C16H18N5O4/c17-16-19-14-12(15(24)20-16)18-13(8-4-2-1-3-5-8)21(14)11-6-9(23)10(7-22)25-11/h1-5,9-11,13,22-23H,6-7H2,(H3,17,19,20,24)/t9-,10+,11+,13?/m0/s1. The van der Waals surface area contributed by atoms with Gasteiger partial charge in [-0.2, -0.15) is 4.98 Å². The highest BCUT2D eigenvalue weighted by Crippen LogP contribution is 2.42. The Bertz CT molecular complexity index is 827. The number of aliphatic hydroxyl groups is 2. The minimum Gasteiger partial charge on any atom is -0.394 e. The Morgan fingerprint density at radius 3 is 2.80 bits per heavy atom. The van der Waals surface area contributed by atoms with Crippen molar-refractivity contribution in [2.75, 3.05) is 17.2 Å². The Morgan fingerprint density at radius 2 is 2.12 bits per heavy atom. The molecule has 0 amide bonds. The van der Waals surface area contributed by atoms with Gasteiger partial charge < -0.3 is 25.6 Å². The van der Waals surface area contributed by atoms with E-state index in [4.69, 9.17) is 10.5 Å². The van der Waals surface area contributed by atoms with Gasteiger partial charge in [-0.15, -0.1) is 0 Å². The van der Waals surface area contributed by atoms with E-state index in [9.17, 15) is 15.0 Å². The second-order valence-corrected chi connectivity index (χ2v) is 6.06. The zero-order valence-corrected chi connectivity index (χ0v) is 13.2. The topological polar surface area (TPSA) is 139 Å². The zero-order chi connectivity index (χ0) is 17.6. The van der Waals surface area contributed by atoms with E-state index in [1.807, 2.05) is 30.3 Å². The van der Waals surface area contributed by atoms with E-state index in [0.717, 1.165) is 5.56 Å². The van der Waals surface area contributed by atoms with Crippen molar-refractivity contribution >= 4 is 17.5 Å². The van der Waals surface area contributed by atoms with Crippen molar-refractivity contribution < 1.29 is 14.9 Å². The van der Waals surface area contributed by atoms with Crippen molar-refractivity contribution in [2.24, 2.45) is 0 Å². The molecule has 4 atom stereocenters. The molecule has 1 fully saturated rings. The number of ether oxygens (including phenoxy) is 1. The Kier molecular flexibility index (Phi) is 3.83. The number of rotatable bonds is 3. The largest absolute Gasteiger partial charge is 0.394 e. The number of aromatic nitrogens is 2. The van der Waals surface area contributed by atoms with Crippen molar-refractivity contribution in [3.63, 3.8) is 0 Å². The molecule has 0 bridgehead atoms. The predicted octanol–water partition coefficient (Wildman–Crippen LogP) is -0.425. The molecule has 1 unspecified atom stereocenters. The SMILES string of the molecule is Nc1nc2c(c(=O)[nH]1)[N]C(c1ccccc1)N2[C@H]1C[C@H](O)[C@@H](CO)O1. The van der Waals surface area contributed by atoms with Crippen LogP contribution in [-0.2, 0) is 4.74 Å². The lowest BCUT2D eigenvalue weighted by molar-refractivity contribution is -0.0243. The predicted molar refractivity (Wildman–Crippen MR) is 89.1 cm³/mol. The van der Waals surface area contributed by atoms with Crippen LogP contribution < -0.4 is 21.5 Å². The summed E-state index contributed by atoms with van der Waals surface area (Å²) in [7, 11) is 0. The maximum atomic E-state index is 12.2. The van der Waals surface area contributed by atoms with Gasteiger partial charge in [-0.3, -0.25) is 9.78 Å². The number of hydrogen-bond donors (Lipinski definition) is 4. The summed E-state index contributed by atoms with van der Waals surface area (Å²) in [5.74, 6) is 0.292. The van der Waals surface area contributed by atoms with E-state index in [0.29, 0.717) is 5.82 Å². The number of aliphatic hydroxyl groups excluding tert-OH is 2. The molecule has 1 saturated heterocycles. The number of nitrogens with two attached hydrogens (primary N) is 1. The first-order chi connectivity index (χ1) is 12.1. The summed E-state index contributed by atoms with van der Waals surface area (Å²) in [6, 6.07) is 9.41. The molecule has 3 heterocycles. The van der Waals surface area contributed by atoms with Gasteiger partial charge in [0.1, 0.15) is 12.3 Å². The van der Waals surface area contributed by atoms with E-state index in [2.05, 4.69) is 15.3 Å². The molecule has 4 rings (SSSR count). The minimum absolute atomic E-state index is 0.0186. The van der Waals surface area contributed by atoms with Gasteiger partial charge in [0.15, 0.2) is 17.7 Å². The van der Waals surface area contributed by atoms with Gasteiger partial charge in [-0.1, -0.05) is 30.3 Å². The first kappa shape index (κ1) is 15.9. The second-order valence-electron chi connectivity index (χ2n) is 6.06. The molecule has 131 valence electrons. The maximum Gasteiger partial charge on any atom is 0.280 e. The number of nitrogens with one attached hydrogen (secondary N) is 1. The molecule has 25 heavy (non-hydrogen) atoms. The summed E-state index contributed by atoms with van der Waals surface area (Å²) < 4.78 is 5.77. The van der Waals surface area contributed by atoms with Crippen molar-refractivity contribution in [2.45, 2.75) is 31.0 Å². The number of hydrogen-bond acceptors (Lipinski definition) is 7. The molecule has 2 aliphatic heterocycles. The van der Waals surface area contributed by atoms with E-state index in [1.54, 1.807) is 4.90 Å². The van der Waals surface area contributed by atoms with Crippen molar-refractivity contribution in [3.8, 4) is 0 Å². The van der Waals surface area contributed by atoms with Crippen molar-refractivity contribution in [1.82, 2.24) is 15.3 Å². The maximum absolute atomic E-state index is 12.2. The van der Waals surface area contributed by atoms with Crippen LogP contribution in [0.15, 0.2) is 35.1 Å². The van der Waals surface area contributed by atoms with Gasteiger partial charge in [-0.05, 0) is 5.56 Å².